The van der Waals surface area contributed by atoms with Gasteiger partial charge in [-0.3, -0.25) is 4.79 Å². The Morgan fingerprint density at radius 2 is 2.03 bits per heavy atom. The van der Waals surface area contributed by atoms with Crippen LogP contribution in [0.4, 0.5) is 24.7 Å². The number of likely N-dealkylation sites (N-methyl/N-ethyl adjacent to an activating group) is 1. The van der Waals surface area contributed by atoms with Crippen LogP contribution in [0.2, 0.25) is 0 Å². The van der Waals surface area contributed by atoms with Crippen LogP contribution in [0.25, 0.3) is 0 Å². The SMILES string of the molecule is CCCCC(OCc1cccc(N2CCN(C)c3nc(C(F)(F)F)ncc3C2=O)c1)c1cccs1. The Hall–Kier alpha value is -2.98. The van der Waals surface area contributed by atoms with E-state index in [0.29, 0.717) is 25.4 Å². The van der Waals surface area contributed by atoms with Crippen LogP contribution in [0.3, 0.4) is 0 Å². The van der Waals surface area contributed by atoms with Crippen molar-refractivity contribution in [3.8, 4) is 0 Å². The zero-order chi connectivity index (χ0) is 25.0. The number of fused-ring (bicyclic) bond motifs is 1. The third kappa shape index (κ3) is 5.82. The summed E-state index contributed by atoms with van der Waals surface area (Å²) in [5.41, 5.74) is 1.60. The number of nitrogens with zero attached hydrogens (tertiary/aromatic N) is 4. The van der Waals surface area contributed by atoms with Crippen LogP contribution in [-0.4, -0.2) is 36.0 Å². The lowest BCUT2D eigenvalue weighted by Gasteiger charge is -2.22. The van der Waals surface area contributed by atoms with Crippen LogP contribution in [0, 0.1) is 0 Å². The molecular formula is C25H27F3N4O2S. The molecule has 1 aliphatic rings. The summed E-state index contributed by atoms with van der Waals surface area (Å²) in [4.78, 5) is 24.6. The lowest BCUT2D eigenvalue weighted by molar-refractivity contribution is -0.144. The van der Waals surface area contributed by atoms with Gasteiger partial charge in [-0.05, 0) is 35.6 Å². The molecule has 0 aliphatic carbocycles. The first kappa shape index (κ1) is 25.1. The van der Waals surface area contributed by atoms with Crippen LogP contribution in [0.15, 0.2) is 48.0 Å². The molecule has 0 saturated heterocycles. The zero-order valence-corrected chi connectivity index (χ0v) is 20.4. The molecule has 6 nitrogen and oxygen atoms in total. The van der Waals surface area contributed by atoms with Crippen molar-refractivity contribution in [2.75, 3.05) is 29.9 Å². The van der Waals surface area contributed by atoms with Gasteiger partial charge >= 0.3 is 6.18 Å². The van der Waals surface area contributed by atoms with Gasteiger partial charge < -0.3 is 14.5 Å². The van der Waals surface area contributed by atoms with E-state index >= 15 is 0 Å². The Bertz CT molecular complexity index is 1150. The molecular weight excluding hydrogens is 477 g/mol. The molecule has 1 atom stereocenters. The summed E-state index contributed by atoms with van der Waals surface area (Å²) in [6.45, 7) is 3.16. The molecule has 0 fully saturated rings. The third-order valence-electron chi connectivity index (χ3n) is 5.87. The molecule has 1 amide bonds. The lowest BCUT2D eigenvalue weighted by Crippen LogP contribution is -2.33. The van der Waals surface area contributed by atoms with Gasteiger partial charge in [0, 0.05) is 36.9 Å². The number of halogens is 3. The average Bonchev–Trinajstić information content (AvgIpc) is 3.34. The number of carbonyl (C=O) groups excluding carboxylic acids is 1. The quantitative estimate of drug-likeness (QED) is 0.371. The minimum atomic E-state index is -4.68. The number of benzene rings is 1. The molecule has 186 valence electrons. The van der Waals surface area contributed by atoms with E-state index in [4.69, 9.17) is 4.74 Å². The van der Waals surface area contributed by atoms with E-state index in [0.717, 1.165) is 31.0 Å². The molecule has 0 bridgehead atoms. The Kier molecular flexibility index (Phi) is 7.71. The molecule has 1 aromatic carbocycles. The van der Waals surface area contributed by atoms with Crippen molar-refractivity contribution in [1.82, 2.24) is 9.97 Å². The Morgan fingerprint density at radius 3 is 2.74 bits per heavy atom. The summed E-state index contributed by atoms with van der Waals surface area (Å²) >= 11 is 1.68. The van der Waals surface area contributed by atoms with Crippen LogP contribution >= 0.6 is 11.3 Å². The van der Waals surface area contributed by atoms with Crippen molar-refractivity contribution >= 4 is 28.7 Å². The van der Waals surface area contributed by atoms with Crippen molar-refractivity contribution < 1.29 is 22.7 Å². The van der Waals surface area contributed by atoms with Gasteiger partial charge in [0.1, 0.15) is 11.4 Å². The van der Waals surface area contributed by atoms with Gasteiger partial charge in [-0.15, -0.1) is 11.3 Å². The number of amides is 1. The Morgan fingerprint density at radius 1 is 1.20 bits per heavy atom. The number of rotatable bonds is 8. The number of thiophene rings is 1. The second kappa shape index (κ2) is 10.7. The Balaban J connectivity index is 1.54. The fraction of sp³-hybridized carbons (Fsp3) is 0.400. The summed E-state index contributed by atoms with van der Waals surface area (Å²) in [6.07, 6.45) is -0.618. The van der Waals surface area contributed by atoms with Crippen molar-refractivity contribution in [1.29, 1.82) is 0 Å². The maximum Gasteiger partial charge on any atom is 0.451 e. The normalized spacial score (nSPS) is 15.2. The highest BCUT2D eigenvalue weighted by Gasteiger charge is 2.37. The average molecular weight is 505 g/mol. The van der Waals surface area contributed by atoms with Gasteiger partial charge in [-0.25, -0.2) is 9.97 Å². The minimum Gasteiger partial charge on any atom is -0.368 e. The molecule has 0 spiro atoms. The fourth-order valence-electron chi connectivity index (χ4n) is 3.98. The monoisotopic (exact) mass is 504 g/mol. The highest BCUT2D eigenvalue weighted by Crippen LogP contribution is 2.32. The highest BCUT2D eigenvalue weighted by atomic mass is 32.1. The van der Waals surface area contributed by atoms with Gasteiger partial charge in [0.2, 0.25) is 5.82 Å². The predicted octanol–water partition coefficient (Wildman–Crippen LogP) is 6.10. The first-order valence-corrected chi connectivity index (χ1v) is 12.4. The summed E-state index contributed by atoms with van der Waals surface area (Å²) in [5, 5.41) is 2.04. The maximum absolute atomic E-state index is 13.3. The lowest BCUT2D eigenvalue weighted by atomic mass is 10.1. The number of hydrogen-bond donors (Lipinski definition) is 0. The molecule has 1 aliphatic heterocycles. The first-order chi connectivity index (χ1) is 16.8. The van der Waals surface area contributed by atoms with Gasteiger partial charge in [-0.1, -0.05) is 38.0 Å². The third-order valence-corrected chi connectivity index (χ3v) is 6.84. The molecule has 1 unspecified atom stereocenters. The number of ether oxygens (including phenoxy) is 1. The molecule has 35 heavy (non-hydrogen) atoms. The van der Waals surface area contributed by atoms with E-state index in [1.165, 1.54) is 4.88 Å². The zero-order valence-electron chi connectivity index (χ0n) is 19.6. The topological polar surface area (TPSA) is 58.6 Å². The second-order valence-corrected chi connectivity index (χ2v) is 9.41. The molecule has 4 rings (SSSR count). The van der Waals surface area contributed by atoms with Crippen LogP contribution in [-0.2, 0) is 17.5 Å². The number of aromatic nitrogens is 2. The summed E-state index contributed by atoms with van der Waals surface area (Å²) in [5.74, 6) is -1.71. The van der Waals surface area contributed by atoms with Gasteiger partial charge in [0.05, 0.1) is 12.7 Å². The van der Waals surface area contributed by atoms with E-state index in [-0.39, 0.29) is 17.5 Å². The largest absolute Gasteiger partial charge is 0.451 e. The minimum absolute atomic E-state index is 0.0129. The molecule has 10 heteroatoms. The number of alkyl halides is 3. The molecule has 2 aromatic heterocycles. The number of anilines is 2. The molecule has 0 N–H and O–H groups in total. The van der Waals surface area contributed by atoms with E-state index in [1.807, 2.05) is 35.7 Å². The molecule has 3 heterocycles. The standard InChI is InChI=1S/C25H27F3N4O2S/c1-3-4-9-20(21-10-6-13-35-21)34-16-17-7-5-8-18(14-17)32-12-11-31(2)22-19(23(32)33)15-29-24(30-22)25(26,27)28/h5-8,10,13-15,20H,3-4,9,11-12,16H2,1-2H3. The predicted molar refractivity (Wildman–Crippen MR) is 130 cm³/mol. The molecule has 0 saturated carbocycles. The summed E-state index contributed by atoms with van der Waals surface area (Å²) in [7, 11) is 1.62. The van der Waals surface area contributed by atoms with Crippen molar-refractivity contribution in [3.05, 3.63) is 69.8 Å². The number of unbranched alkanes of at least 4 members (excludes halogenated alkanes) is 1. The van der Waals surface area contributed by atoms with E-state index in [9.17, 15) is 18.0 Å². The number of hydrogen-bond acceptors (Lipinski definition) is 6. The van der Waals surface area contributed by atoms with E-state index < -0.39 is 17.9 Å². The summed E-state index contributed by atoms with van der Waals surface area (Å²) in [6, 6.07) is 11.6. The Labute approximate surface area is 206 Å². The molecule has 3 aromatic rings. The van der Waals surface area contributed by atoms with E-state index in [2.05, 4.69) is 23.0 Å². The van der Waals surface area contributed by atoms with Crippen molar-refractivity contribution in [3.63, 3.8) is 0 Å². The fourth-order valence-corrected chi connectivity index (χ4v) is 4.79. The van der Waals surface area contributed by atoms with E-state index in [1.54, 1.807) is 28.2 Å². The number of carbonyl (C=O) groups is 1. The van der Waals surface area contributed by atoms with Crippen LogP contribution in [0.5, 0.6) is 0 Å². The highest BCUT2D eigenvalue weighted by molar-refractivity contribution is 7.10. The smallest absolute Gasteiger partial charge is 0.368 e. The van der Waals surface area contributed by atoms with Gasteiger partial charge in [0.15, 0.2) is 0 Å². The van der Waals surface area contributed by atoms with Gasteiger partial charge in [-0.2, -0.15) is 13.2 Å². The van der Waals surface area contributed by atoms with Crippen molar-refractivity contribution in [2.24, 2.45) is 0 Å². The maximum atomic E-state index is 13.3. The first-order valence-electron chi connectivity index (χ1n) is 11.5. The van der Waals surface area contributed by atoms with Crippen LogP contribution in [0.1, 0.15) is 58.9 Å². The second-order valence-electron chi connectivity index (χ2n) is 8.43. The van der Waals surface area contributed by atoms with Crippen LogP contribution < -0.4 is 9.80 Å². The van der Waals surface area contributed by atoms with Gasteiger partial charge in [0.25, 0.3) is 5.91 Å². The van der Waals surface area contributed by atoms with Crippen molar-refractivity contribution in [2.45, 2.75) is 45.1 Å². The molecule has 0 radical (unpaired) electrons. The summed E-state index contributed by atoms with van der Waals surface area (Å²) < 4.78 is 45.6.